The van der Waals surface area contributed by atoms with E-state index in [9.17, 15) is 0 Å². The van der Waals surface area contributed by atoms with Crippen molar-refractivity contribution in [2.45, 2.75) is 19.8 Å². The van der Waals surface area contributed by atoms with Gasteiger partial charge in [-0.05, 0) is 36.6 Å². The summed E-state index contributed by atoms with van der Waals surface area (Å²) in [5.41, 5.74) is 4.60. The van der Waals surface area contributed by atoms with Crippen LogP contribution in [0, 0.1) is 5.92 Å². The highest BCUT2D eigenvalue weighted by Gasteiger charge is 2.24. The van der Waals surface area contributed by atoms with Gasteiger partial charge in [0.2, 0.25) is 0 Å². The summed E-state index contributed by atoms with van der Waals surface area (Å²) >= 11 is 1.76. The summed E-state index contributed by atoms with van der Waals surface area (Å²) in [5, 5.41) is 5.77. The number of nitrogens with zero attached hydrogens (tertiary/aromatic N) is 5. The fourth-order valence-corrected chi connectivity index (χ4v) is 5.56. The molecule has 1 aromatic carbocycles. The lowest BCUT2D eigenvalue weighted by molar-refractivity contribution is 0.569. The van der Waals surface area contributed by atoms with Gasteiger partial charge in [0, 0.05) is 76.3 Å². The van der Waals surface area contributed by atoms with E-state index in [1.165, 1.54) is 29.6 Å². The van der Waals surface area contributed by atoms with E-state index in [0.717, 1.165) is 66.4 Å². The molecule has 1 N–H and O–H groups in total. The van der Waals surface area contributed by atoms with Gasteiger partial charge in [-0.1, -0.05) is 24.7 Å². The molecule has 0 amide bonds. The fourth-order valence-electron chi connectivity index (χ4n) is 4.63. The Bertz CT molecular complexity index is 1060. The van der Waals surface area contributed by atoms with Crippen LogP contribution >= 0.6 is 11.3 Å². The van der Waals surface area contributed by atoms with Crippen molar-refractivity contribution in [3.05, 3.63) is 30.5 Å². The number of rotatable bonds is 5. The average molecular weight is 437 g/mol. The summed E-state index contributed by atoms with van der Waals surface area (Å²) in [6, 6.07) is 8.96. The molecule has 0 aliphatic carbocycles. The molecule has 1 unspecified atom stereocenters. The summed E-state index contributed by atoms with van der Waals surface area (Å²) in [7, 11) is 4.17. The molecule has 0 spiro atoms. The van der Waals surface area contributed by atoms with Crippen LogP contribution in [0.15, 0.2) is 30.5 Å². The number of piperazine rings is 1. The predicted molar refractivity (Wildman–Crippen MR) is 133 cm³/mol. The van der Waals surface area contributed by atoms with Crippen LogP contribution in [0.3, 0.4) is 0 Å². The summed E-state index contributed by atoms with van der Waals surface area (Å²) in [4.78, 5) is 18.1. The van der Waals surface area contributed by atoms with E-state index in [-0.39, 0.29) is 0 Å². The lowest BCUT2D eigenvalue weighted by atomic mass is 10.1. The molecule has 2 aliphatic heterocycles. The largest absolute Gasteiger partial charge is 0.378 e. The number of anilines is 3. The summed E-state index contributed by atoms with van der Waals surface area (Å²) in [6.07, 6.45) is 4.54. The van der Waals surface area contributed by atoms with Gasteiger partial charge in [0.05, 0.1) is 16.1 Å². The molecule has 6 nitrogen and oxygen atoms in total. The maximum atomic E-state index is 5.10. The summed E-state index contributed by atoms with van der Waals surface area (Å²) < 4.78 is 0. The minimum Gasteiger partial charge on any atom is -0.378 e. The van der Waals surface area contributed by atoms with Crippen molar-refractivity contribution in [2.75, 3.05) is 68.1 Å². The number of thiazole rings is 1. The van der Waals surface area contributed by atoms with Gasteiger partial charge in [0.15, 0.2) is 5.13 Å². The molecule has 7 heteroatoms. The van der Waals surface area contributed by atoms with Gasteiger partial charge in [-0.3, -0.25) is 0 Å². The molecular formula is C24H32N6S. The first-order valence-electron chi connectivity index (χ1n) is 11.4. The number of nitrogens with one attached hydrogen (secondary N) is 1. The molecule has 2 saturated heterocycles. The molecule has 4 heterocycles. The molecule has 31 heavy (non-hydrogen) atoms. The highest BCUT2D eigenvalue weighted by atomic mass is 32.1. The molecule has 2 aliphatic rings. The van der Waals surface area contributed by atoms with Crippen LogP contribution in [0.25, 0.3) is 21.5 Å². The third kappa shape index (κ3) is 4.08. The first-order valence-corrected chi connectivity index (χ1v) is 12.2. The van der Waals surface area contributed by atoms with E-state index in [4.69, 9.17) is 9.97 Å². The predicted octanol–water partition coefficient (Wildman–Crippen LogP) is 4.07. The van der Waals surface area contributed by atoms with Gasteiger partial charge in [0.25, 0.3) is 0 Å². The Hall–Kier alpha value is -2.38. The Balaban J connectivity index is 1.57. The van der Waals surface area contributed by atoms with Gasteiger partial charge in [0.1, 0.15) is 0 Å². The van der Waals surface area contributed by atoms with E-state index in [1.54, 1.807) is 11.3 Å². The summed E-state index contributed by atoms with van der Waals surface area (Å²) in [5.74, 6) is 0.787. The van der Waals surface area contributed by atoms with Crippen LogP contribution in [0.2, 0.25) is 0 Å². The fraction of sp³-hybridized carbons (Fsp3) is 0.500. The van der Waals surface area contributed by atoms with Gasteiger partial charge in [-0.2, -0.15) is 0 Å². The van der Waals surface area contributed by atoms with Gasteiger partial charge >= 0.3 is 0 Å². The van der Waals surface area contributed by atoms with E-state index in [0.29, 0.717) is 0 Å². The number of aromatic nitrogens is 2. The Morgan fingerprint density at radius 1 is 1.13 bits per heavy atom. The molecule has 2 aromatic heterocycles. The Kier molecular flexibility index (Phi) is 5.71. The average Bonchev–Trinajstić information content (AvgIpc) is 3.48. The molecule has 164 valence electrons. The smallest absolute Gasteiger partial charge is 0.185 e. The number of hydrogen-bond donors (Lipinski definition) is 1. The van der Waals surface area contributed by atoms with Crippen molar-refractivity contribution in [2.24, 2.45) is 5.92 Å². The van der Waals surface area contributed by atoms with Crippen LogP contribution in [-0.2, 0) is 0 Å². The number of benzene rings is 1. The monoisotopic (exact) mass is 436 g/mol. The van der Waals surface area contributed by atoms with Crippen LogP contribution < -0.4 is 20.0 Å². The zero-order chi connectivity index (χ0) is 21.4. The number of pyridine rings is 1. The second-order valence-corrected chi connectivity index (χ2v) is 9.88. The first kappa shape index (κ1) is 20.5. The molecule has 3 aromatic rings. The van der Waals surface area contributed by atoms with E-state index in [2.05, 4.69) is 65.3 Å². The quantitative estimate of drug-likeness (QED) is 0.651. The van der Waals surface area contributed by atoms with Crippen molar-refractivity contribution >= 4 is 38.7 Å². The van der Waals surface area contributed by atoms with Crippen molar-refractivity contribution in [1.82, 2.24) is 15.3 Å². The zero-order valence-corrected chi connectivity index (χ0v) is 19.6. The van der Waals surface area contributed by atoms with Gasteiger partial charge in [-0.25, -0.2) is 9.97 Å². The Morgan fingerprint density at radius 2 is 1.97 bits per heavy atom. The SMILES string of the molecule is CCC1CCN(c2cc(-c3cnc(N4CCNCC4)s3)nc3cc(N(C)C)ccc23)C1. The molecule has 2 fully saturated rings. The van der Waals surface area contributed by atoms with Crippen LogP contribution in [0.4, 0.5) is 16.5 Å². The lowest BCUT2D eigenvalue weighted by Crippen LogP contribution is -2.43. The maximum Gasteiger partial charge on any atom is 0.185 e. The van der Waals surface area contributed by atoms with E-state index < -0.39 is 0 Å². The van der Waals surface area contributed by atoms with Gasteiger partial charge < -0.3 is 20.0 Å². The standard InChI is InChI=1S/C24H32N6S/c1-4-17-7-10-30(16-17)22-14-21(27-20-13-18(28(2)3)5-6-19(20)22)23-15-26-24(31-23)29-11-8-25-9-12-29/h5-6,13-15,17,25H,4,7-12,16H2,1-3H3. The number of fused-ring (bicyclic) bond motifs is 1. The maximum absolute atomic E-state index is 5.10. The molecule has 0 bridgehead atoms. The Morgan fingerprint density at radius 3 is 2.71 bits per heavy atom. The van der Waals surface area contributed by atoms with E-state index in [1.807, 2.05) is 6.20 Å². The van der Waals surface area contributed by atoms with Crippen LogP contribution in [0.1, 0.15) is 19.8 Å². The van der Waals surface area contributed by atoms with Crippen molar-refractivity contribution < 1.29 is 0 Å². The molecule has 0 radical (unpaired) electrons. The third-order valence-electron chi connectivity index (χ3n) is 6.63. The van der Waals surface area contributed by atoms with Crippen molar-refractivity contribution in [3.8, 4) is 10.6 Å². The molecule has 5 rings (SSSR count). The van der Waals surface area contributed by atoms with Gasteiger partial charge in [-0.15, -0.1) is 0 Å². The minimum absolute atomic E-state index is 0.787. The van der Waals surface area contributed by atoms with Crippen molar-refractivity contribution in [1.29, 1.82) is 0 Å². The van der Waals surface area contributed by atoms with Crippen LogP contribution in [-0.4, -0.2) is 63.3 Å². The summed E-state index contributed by atoms with van der Waals surface area (Å²) in [6.45, 7) is 8.65. The first-order chi connectivity index (χ1) is 15.1. The number of hydrogen-bond acceptors (Lipinski definition) is 7. The molecule has 1 atom stereocenters. The highest BCUT2D eigenvalue weighted by Crippen LogP contribution is 2.38. The highest BCUT2D eigenvalue weighted by molar-refractivity contribution is 7.18. The second kappa shape index (κ2) is 8.63. The van der Waals surface area contributed by atoms with E-state index >= 15 is 0 Å². The molecule has 0 saturated carbocycles. The lowest BCUT2D eigenvalue weighted by Gasteiger charge is -2.26. The van der Waals surface area contributed by atoms with Crippen molar-refractivity contribution in [3.63, 3.8) is 0 Å². The van der Waals surface area contributed by atoms with Crippen LogP contribution in [0.5, 0.6) is 0 Å². The Labute approximate surface area is 188 Å². The topological polar surface area (TPSA) is 47.5 Å². The molecular weight excluding hydrogens is 404 g/mol. The third-order valence-corrected chi connectivity index (χ3v) is 7.71. The minimum atomic E-state index is 0.787. The zero-order valence-electron chi connectivity index (χ0n) is 18.8. The second-order valence-electron chi connectivity index (χ2n) is 8.88. The normalized spacial score (nSPS) is 19.4.